The van der Waals surface area contributed by atoms with Crippen molar-refractivity contribution in [2.45, 2.75) is 23.3 Å². The maximum absolute atomic E-state index is 12.4. The molecule has 0 atom stereocenters. The lowest BCUT2D eigenvalue weighted by Gasteiger charge is -2.14. The Bertz CT molecular complexity index is 795. The summed E-state index contributed by atoms with van der Waals surface area (Å²) in [5.74, 6) is -0.464. The van der Waals surface area contributed by atoms with Crippen molar-refractivity contribution in [1.82, 2.24) is 5.32 Å². The van der Waals surface area contributed by atoms with E-state index in [-0.39, 0.29) is 34.5 Å². The lowest BCUT2D eigenvalue weighted by molar-refractivity contribution is -0.274. The molecule has 0 saturated heterocycles. The number of nitrogens with one attached hydrogen (secondary N) is 2. The van der Waals surface area contributed by atoms with Gasteiger partial charge in [0.1, 0.15) is 5.75 Å². The lowest BCUT2D eigenvalue weighted by atomic mass is 10.2. The van der Waals surface area contributed by atoms with Gasteiger partial charge in [0, 0.05) is 22.7 Å². The van der Waals surface area contributed by atoms with E-state index in [4.69, 9.17) is 0 Å². The number of amides is 2. The lowest BCUT2D eigenvalue weighted by Crippen LogP contribution is -2.28. The summed E-state index contributed by atoms with van der Waals surface area (Å²) < 4.78 is 78.1. The van der Waals surface area contributed by atoms with Gasteiger partial charge in [0.25, 0.3) is 0 Å². The van der Waals surface area contributed by atoms with Crippen molar-refractivity contribution in [2.75, 3.05) is 5.32 Å². The van der Waals surface area contributed by atoms with Gasteiger partial charge in [-0.25, -0.2) is 4.79 Å². The van der Waals surface area contributed by atoms with Crippen LogP contribution >= 0.6 is 11.8 Å². The maximum Gasteiger partial charge on any atom is 0.573 e. The number of anilines is 1. The van der Waals surface area contributed by atoms with Gasteiger partial charge in [-0.15, -0.1) is 13.2 Å². The Morgan fingerprint density at radius 2 is 1.70 bits per heavy atom. The summed E-state index contributed by atoms with van der Waals surface area (Å²) >= 11 is -0.335. The molecule has 2 aromatic rings. The van der Waals surface area contributed by atoms with E-state index in [1.807, 2.05) is 0 Å². The second-order valence-corrected chi connectivity index (χ2v) is 6.18. The van der Waals surface area contributed by atoms with E-state index in [9.17, 15) is 31.1 Å². The van der Waals surface area contributed by atoms with E-state index in [0.29, 0.717) is 0 Å². The average Bonchev–Trinajstić information content (AvgIpc) is 2.51. The third-order valence-electron chi connectivity index (χ3n) is 2.96. The average molecular weight is 410 g/mol. The maximum atomic E-state index is 12.4. The zero-order chi connectivity index (χ0) is 20.1. The van der Waals surface area contributed by atoms with Crippen LogP contribution in [0, 0.1) is 0 Å². The molecule has 0 aliphatic heterocycles. The summed E-state index contributed by atoms with van der Waals surface area (Å²) in [7, 11) is 0. The Kier molecular flexibility index (Phi) is 6.47. The number of hydrogen-bond acceptors (Lipinski definition) is 3. The molecule has 2 N–H and O–H groups in total. The third kappa shape index (κ3) is 7.69. The number of halogens is 6. The Labute approximate surface area is 153 Å². The Hall–Kier alpha value is -2.56. The third-order valence-corrected chi connectivity index (χ3v) is 3.68. The van der Waals surface area contributed by atoms with Gasteiger partial charge >= 0.3 is 17.9 Å². The molecule has 146 valence electrons. The minimum absolute atomic E-state index is 0.0753. The van der Waals surface area contributed by atoms with Crippen molar-refractivity contribution in [3.8, 4) is 5.75 Å². The van der Waals surface area contributed by atoms with E-state index in [1.54, 1.807) is 0 Å². The minimum atomic E-state index is -4.88. The zero-order valence-electron chi connectivity index (χ0n) is 13.3. The Morgan fingerprint density at radius 3 is 2.37 bits per heavy atom. The molecule has 4 nitrogen and oxygen atoms in total. The minimum Gasteiger partial charge on any atom is -0.405 e. The van der Waals surface area contributed by atoms with Crippen molar-refractivity contribution in [3.05, 3.63) is 54.1 Å². The summed E-state index contributed by atoms with van der Waals surface area (Å²) in [6.45, 7) is -0.283. The molecular weight excluding hydrogens is 398 g/mol. The SMILES string of the molecule is O=C(NCc1ccccc1OC(F)(F)F)Nc1cccc(SC(F)(F)F)c1. The first-order chi connectivity index (χ1) is 12.5. The first-order valence-electron chi connectivity index (χ1n) is 7.26. The second kappa shape index (κ2) is 8.42. The van der Waals surface area contributed by atoms with Crippen LogP contribution < -0.4 is 15.4 Å². The number of carbonyl (C=O) groups excluding carboxylic acids is 1. The zero-order valence-corrected chi connectivity index (χ0v) is 14.1. The number of ether oxygens (including phenoxy) is 1. The molecule has 11 heteroatoms. The smallest absolute Gasteiger partial charge is 0.405 e. The fraction of sp³-hybridized carbons (Fsp3) is 0.188. The van der Waals surface area contributed by atoms with E-state index < -0.39 is 23.7 Å². The highest BCUT2D eigenvalue weighted by Crippen LogP contribution is 2.37. The van der Waals surface area contributed by atoms with Crippen LogP contribution in [0.3, 0.4) is 0 Å². The molecule has 0 aromatic heterocycles. The number of benzene rings is 2. The first-order valence-corrected chi connectivity index (χ1v) is 8.08. The normalized spacial score (nSPS) is 11.8. The van der Waals surface area contributed by atoms with Crippen LogP contribution in [0.1, 0.15) is 5.56 Å². The number of carbonyl (C=O) groups is 1. The van der Waals surface area contributed by atoms with Crippen LogP contribution in [0.25, 0.3) is 0 Å². The summed E-state index contributed by atoms with van der Waals surface area (Å²) in [4.78, 5) is 11.7. The Morgan fingerprint density at radius 1 is 1.00 bits per heavy atom. The molecule has 2 rings (SSSR count). The summed E-state index contributed by atoms with van der Waals surface area (Å²) in [5, 5.41) is 4.63. The highest BCUT2D eigenvalue weighted by Gasteiger charge is 2.32. The van der Waals surface area contributed by atoms with Gasteiger partial charge in [-0.2, -0.15) is 13.2 Å². The molecule has 27 heavy (non-hydrogen) atoms. The van der Waals surface area contributed by atoms with Crippen LogP contribution in [-0.4, -0.2) is 17.9 Å². The first kappa shape index (κ1) is 20.7. The van der Waals surface area contributed by atoms with Gasteiger partial charge in [0.15, 0.2) is 0 Å². The molecule has 2 amide bonds. The topological polar surface area (TPSA) is 50.4 Å². The van der Waals surface area contributed by atoms with Crippen LogP contribution in [0.2, 0.25) is 0 Å². The van der Waals surface area contributed by atoms with Gasteiger partial charge in [-0.05, 0) is 36.0 Å². The van der Waals surface area contributed by atoms with Gasteiger partial charge in [0.05, 0.1) is 0 Å². The quantitative estimate of drug-likeness (QED) is 0.504. The number of para-hydroxylation sites is 1. The molecule has 0 aliphatic carbocycles. The van der Waals surface area contributed by atoms with Crippen molar-refractivity contribution < 1.29 is 35.9 Å². The molecule has 0 aliphatic rings. The van der Waals surface area contributed by atoms with Crippen LogP contribution in [0.15, 0.2) is 53.4 Å². The summed E-state index contributed by atoms with van der Waals surface area (Å²) in [5.41, 5.74) is -4.30. The molecule has 0 spiro atoms. The fourth-order valence-electron chi connectivity index (χ4n) is 2.00. The number of alkyl halides is 6. The number of thioether (sulfide) groups is 1. The van der Waals surface area contributed by atoms with Gasteiger partial charge in [-0.3, -0.25) is 0 Å². The van der Waals surface area contributed by atoms with E-state index in [2.05, 4.69) is 15.4 Å². The van der Waals surface area contributed by atoms with Crippen molar-refractivity contribution in [3.63, 3.8) is 0 Å². The van der Waals surface area contributed by atoms with Gasteiger partial charge in [-0.1, -0.05) is 24.3 Å². The molecule has 2 aromatic carbocycles. The molecule has 0 fully saturated rings. The summed E-state index contributed by atoms with van der Waals surface area (Å²) in [6.07, 6.45) is -4.88. The molecule has 0 bridgehead atoms. The standard InChI is InChI=1S/C16H12F6N2O2S/c17-15(18,19)26-13-7-2-1-4-10(13)9-23-14(25)24-11-5-3-6-12(8-11)27-16(20,21)22/h1-8H,9H2,(H2,23,24,25). The molecule has 0 saturated carbocycles. The molecule has 0 radical (unpaired) electrons. The van der Waals surface area contributed by atoms with Crippen molar-refractivity contribution in [1.29, 1.82) is 0 Å². The number of urea groups is 1. The van der Waals surface area contributed by atoms with E-state index in [0.717, 1.165) is 12.1 Å². The molecule has 0 unspecified atom stereocenters. The molecule has 0 heterocycles. The van der Waals surface area contributed by atoms with Gasteiger partial charge in [0.2, 0.25) is 0 Å². The second-order valence-electron chi connectivity index (χ2n) is 5.04. The Balaban J connectivity index is 1.97. The predicted molar refractivity (Wildman–Crippen MR) is 87.3 cm³/mol. The predicted octanol–water partition coefficient (Wildman–Crippen LogP) is 5.52. The van der Waals surface area contributed by atoms with Gasteiger partial charge < -0.3 is 15.4 Å². The van der Waals surface area contributed by atoms with Crippen molar-refractivity contribution in [2.24, 2.45) is 0 Å². The number of hydrogen-bond donors (Lipinski definition) is 2. The number of rotatable bonds is 5. The largest absolute Gasteiger partial charge is 0.573 e. The summed E-state index contributed by atoms with van der Waals surface area (Å²) in [6, 6.07) is 9.50. The van der Waals surface area contributed by atoms with Crippen LogP contribution in [-0.2, 0) is 6.54 Å². The monoisotopic (exact) mass is 410 g/mol. The van der Waals surface area contributed by atoms with Crippen molar-refractivity contribution >= 4 is 23.5 Å². The van der Waals surface area contributed by atoms with Crippen LogP contribution in [0.4, 0.5) is 36.8 Å². The van der Waals surface area contributed by atoms with Crippen LogP contribution in [0.5, 0.6) is 5.75 Å². The van der Waals surface area contributed by atoms with E-state index in [1.165, 1.54) is 36.4 Å². The van der Waals surface area contributed by atoms with E-state index >= 15 is 0 Å². The molecular formula is C16H12F6N2O2S. The highest BCUT2D eigenvalue weighted by molar-refractivity contribution is 8.00. The highest BCUT2D eigenvalue weighted by atomic mass is 32.2. The fourth-order valence-corrected chi connectivity index (χ4v) is 2.60.